The molecule has 7 heteroatoms. The number of hydrogen-bond donors (Lipinski definition) is 2. The zero-order valence-electron chi connectivity index (χ0n) is 5.89. The van der Waals surface area contributed by atoms with Gasteiger partial charge in [-0.3, -0.25) is 9.59 Å². The molecule has 0 heterocycles. The Kier molecular flexibility index (Phi) is 3.06. The van der Waals surface area contributed by atoms with E-state index in [1.165, 1.54) is 0 Å². The molecule has 4 nitrogen and oxygen atoms in total. The van der Waals surface area contributed by atoms with Crippen LogP contribution in [0.5, 0.6) is 0 Å². The highest BCUT2D eigenvalue weighted by Gasteiger charge is 2.37. The van der Waals surface area contributed by atoms with Crippen LogP contribution in [-0.4, -0.2) is 18.0 Å². The van der Waals surface area contributed by atoms with Crippen LogP contribution in [0.15, 0.2) is 0 Å². The summed E-state index contributed by atoms with van der Waals surface area (Å²) in [5.74, 6) is -4.69. The summed E-state index contributed by atoms with van der Waals surface area (Å²) in [6.07, 6.45) is -6.22. The van der Waals surface area contributed by atoms with Crippen molar-refractivity contribution in [3.63, 3.8) is 0 Å². The Morgan fingerprint density at radius 2 is 1.50 bits per heavy atom. The van der Waals surface area contributed by atoms with Crippen molar-refractivity contribution in [3.8, 4) is 0 Å². The molecular weight excluding hydrogens is 177 g/mol. The van der Waals surface area contributed by atoms with Crippen molar-refractivity contribution in [2.75, 3.05) is 0 Å². The van der Waals surface area contributed by atoms with E-state index in [1.807, 2.05) is 0 Å². The first-order chi connectivity index (χ1) is 5.24. The zero-order chi connectivity index (χ0) is 9.94. The van der Waals surface area contributed by atoms with Crippen molar-refractivity contribution in [3.05, 3.63) is 0 Å². The number of rotatable bonds is 3. The quantitative estimate of drug-likeness (QED) is 0.580. The molecule has 12 heavy (non-hydrogen) atoms. The summed E-state index contributed by atoms with van der Waals surface area (Å²) in [5.41, 5.74) is 9.01. The second-order valence-electron chi connectivity index (χ2n) is 2.18. The molecule has 0 fully saturated rings. The summed E-state index contributed by atoms with van der Waals surface area (Å²) in [7, 11) is 0. The molecule has 0 unspecified atom stereocenters. The topological polar surface area (TPSA) is 86.2 Å². The first-order valence-corrected chi connectivity index (χ1v) is 2.89. The van der Waals surface area contributed by atoms with Crippen LogP contribution in [0.1, 0.15) is 6.42 Å². The maximum atomic E-state index is 11.6. The molecule has 0 aliphatic carbocycles. The van der Waals surface area contributed by atoms with Gasteiger partial charge in [0.2, 0.25) is 11.8 Å². The van der Waals surface area contributed by atoms with Crippen molar-refractivity contribution >= 4 is 11.8 Å². The van der Waals surface area contributed by atoms with E-state index in [1.54, 1.807) is 0 Å². The SMILES string of the molecule is NC(=O)C(CC(F)(F)F)C(N)=O. The Hall–Kier alpha value is -1.27. The lowest BCUT2D eigenvalue weighted by molar-refractivity contribution is -0.158. The van der Waals surface area contributed by atoms with Crippen LogP contribution in [-0.2, 0) is 9.59 Å². The molecule has 2 amide bonds. The van der Waals surface area contributed by atoms with Gasteiger partial charge in [0.25, 0.3) is 0 Å². The largest absolute Gasteiger partial charge is 0.390 e. The Morgan fingerprint density at radius 3 is 1.58 bits per heavy atom. The van der Waals surface area contributed by atoms with Crippen molar-refractivity contribution in [1.29, 1.82) is 0 Å². The zero-order valence-corrected chi connectivity index (χ0v) is 5.89. The fourth-order valence-electron chi connectivity index (χ4n) is 0.573. The first kappa shape index (κ1) is 10.7. The van der Waals surface area contributed by atoms with Gasteiger partial charge in [0.15, 0.2) is 0 Å². The summed E-state index contributed by atoms with van der Waals surface area (Å²) >= 11 is 0. The van der Waals surface area contributed by atoms with E-state index < -0.39 is 30.3 Å². The van der Waals surface area contributed by atoms with Crippen LogP contribution >= 0.6 is 0 Å². The summed E-state index contributed by atoms with van der Waals surface area (Å²) in [4.78, 5) is 20.5. The van der Waals surface area contributed by atoms with Gasteiger partial charge < -0.3 is 11.5 Å². The van der Waals surface area contributed by atoms with Crippen LogP contribution in [0.2, 0.25) is 0 Å². The van der Waals surface area contributed by atoms with Gasteiger partial charge in [-0.15, -0.1) is 0 Å². The molecule has 0 aromatic heterocycles. The Bertz CT molecular complexity index is 187. The highest BCUT2D eigenvalue weighted by Crippen LogP contribution is 2.24. The van der Waals surface area contributed by atoms with Crippen LogP contribution in [0.25, 0.3) is 0 Å². The molecular formula is C5H7F3N2O2. The molecule has 0 aromatic rings. The lowest BCUT2D eigenvalue weighted by atomic mass is 10.0. The molecule has 0 saturated heterocycles. The number of primary amides is 2. The molecule has 0 aliphatic heterocycles. The smallest absolute Gasteiger partial charge is 0.369 e. The monoisotopic (exact) mass is 184 g/mol. The highest BCUT2D eigenvalue weighted by atomic mass is 19.4. The molecule has 70 valence electrons. The number of carbonyl (C=O) groups is 2. The maximum Gasteiger partial charge on any atom is 0.390 e. The van der Waals surface area contributed by atoms with Gasteiger partial charge in [0.1, 0.15) is 5.92 Å². The number of nitrogens with two attached hydrogens (primary N) is 2. The third-order valence-corrected chi connectivity index (χ3v) is 1.12. The highest BCUT2D eigenvalue weighted by molar-refractivity contribution is 5.98. The van der Waals surface area contributed by atoms with Gasteiger partial charge in [-0.05, 0) is 0 Å². The van der Waals surface area contributed by atoms with E-state index in [2.05, 4.69) is 11.5 Å². The van der Waals surface area contributed by atoms with Crippen LogP contribution in [0.3, 0.4) is 0 Å². The second-order valence-corrected chi connectivity index (χ2v) is 2.18. The average molecular weight is 184 g/mol. The molecule has 0 rings (SSSR count). The molecule has 0 radical (unpaired) electrons. The lowest BCUT2D eigenvalue weighted by Gasteiger charge is -2.11. The molecule has 0 aliphatic rings. The standard InChI is InChI=1S/C5H7F3N2O2/c6-5(7,8)1-2(3(9)11)4(10)12/h2H,1H2,(H2,9,11)(H2,10,12). The van der Waals surface area contributed by atoms with Crippen LogP contribution in [0, 0.1) is 5.92 Å². The summed E-state index contributed by atoms with van der Waals surface area (Å²) in [6.45, 7) is 0. The first-order valence-electron chi connectivity index (χ1n) is 2.89. The second kappa shape index (κ2) is 3.42. The molecule has 0 bridgehead atoms. The third kappa shape index (κ3) is 3.79. The van der Waals surface area contributed by atoms with Gasteiger partial charge in [0, 0.05) is 0 Å². The normalized spacial score (nSPS) is 11.7. The summed E-state index contributed by atoms with van der Waals surface area (Å²) in [6, 6.07) is 0. The van der Waals surface area contributed by atoms with E-state index in [0.29, 0.717) is 0 Å². The van der Waals surface area contributed by atoms with E-state index in [-0.39, 0.29) is 0 Å². The van der Waals surface area contributed by atoms with E-state index in [9.17, 15) is 22.8 Å². The summed E-state index contributed by atoms with van der Waals surface area (Å²) in [5, 5.41) is 0. The minimum atomic E-state index is -4.62. The van der Waals surface area contributed by atoms with E-state index >= 15 is 0 Å². The van der Waals surface area contributed by atoms with Gasteiger partial charge >= 0.3 is 6.18 Å². The average Bonchev–Trinajstić information content (AvgIpc) is 1.79. The predicted octanol–water partition coefficient (Wildman–Crippen LogP) is -0.474. The van der Waals surface area contributed by atoms with E-state index in [0.717, 1.165) is 0 Å². The van der Waals surface area contributed by atoms with E-state index in [4.69, 9.17) is 0 Å². The number of carbonyl (C=O) groups excluding carboxylic acids is 2. The molecule has 0 spiro atoms. The van der Waals surface area contributed by atoms with Gasteiger partial charge in [-0.25, -0.2) is 0 Å². The summed E-state index contributed by atoms with van der Waals surface area (Å²) < 4.78 is 34.8. The minimum absolute atomic E-state index is 1.36. The number of hydrogen-bond acceptors (Lipinski definition) is 2. The van der Waals surface area contributed by atoms with Gasteiger partial charge in [0.05, 0.1) is 6.42 Å². The number of alkyl halides is 3. The fourth-order valence-corrected chi connectivity index (χ4v) is 0.573. The maximum absolute atomic E-state index is 11.6. The van der Waals surface area contributed by atoms with Crippen molar-refractivity contribution in [2.24, 2.45) is 17.4 Å². The van der Waals surface area contributed by atoms with Crippen molar-refractivity contribution in [1.82, 2.24) is 0 Å². The minimum Gasteiger partial charge on any atom is -0.369 e. The molecule has 0 atom stereocenters. The molecule has 0 saturated carbocycles. The Balaban J connectivity index is 4.35. The molecule has 4 N–H and O–H groups in total. The lowest BCUT2D eigenvalue weighted by Crippen LogP contribution is -2.38. The van der Waals surface area contributed by atoms with Crippen molar-refractivity contribution in [2.45, 2.75) is 12.6 Å². The Morgan fingerprint density at radius 1 is 1.17 bits per heavy atom. The van der Waals surface area contributed by atoms with Crippen molar-refractivity contribution < 1.29 is 22.8 Å². The van der Waals surface area contributed by atoms with Gasteiger partial charge in [-0.2, -0.15) is 13.2 Å². The molecule has 0 aromatic carbocycles. The fraction of sp³-hybridized carbons (Fsp3) is 0.600. The van der Waals surface area contributed by atoms with Gasteiger partial charge in [-0.1, -0.05) is 0 Å². The third-order valence-electron chi connectivity index (χ3n) is 1.12. The van der Waals surface area contributed by atoms with Crippen LogP contribution < -0.4 is 11.5 Å². The Labute approximate surface area is 65.7 Å². The number of halogens is 3. The predicted molar refractivity (Wildman–Crippen MR) is 32.6 cm³/mol. The number of amides is 2. The van der Waals surface area contributed by atoms with Crippen LogP contribution in [0.4, 0.5) is 13.2 Å².